The second kappa shape index (κ2) is 6.64. The average Bonchev–Trinajstić information content (AvgIpc) is 2.70. The molecular weight excluding hydrogens is 316 g/mol. The van der Waals surface area contributed by atoms with Gasteiger partial charge in [-0.1, -0.05) is 78.9 Å². The lowest BCUT2D eigenvalue weighted by Crippen LogP contribution is -2.42. The van der Waals surface area contributed by atoms with Gasteiger partial charge in [-0.25, -0.2) is 0 Å². The highest BCUT2D eigenvalue weighted by atomic mass is 15.3. The maximum absolute atomic E-state index is 5.17. The van der Waals surface area contributed by atoms with E-state index in [-0.39, 0.29) is 0 Å². The minimum Gasteiger partial charge on any atom is -0.319 e. The number of hydrogen-bond donors (Lipinski definition) is 0. The van der Waals surface area contributed by atoms with Crippen LogP contribution in [0.1, 0.15) is 25.0 Å². The van der Waals surface area contributed by atoms with E-state index in [1.807, 2.05) is 18.2 Å². The third-order valence-corrected chi connectivity index (χ3v) is 4.94. The first-order valence-corrected chi connectivity index (χ1v) is 8.92. The number of benzene rings is 3. The quantitative estimate of drug-likeness (QED) is 0.582. The van der Waals surface area contributed by atoms with Gasteiger partial charge in [-0.2, -0.15) is 0 Å². The number of para-hydroxylation sites is 1. The zero-order valence-electron chi connectivity index (χ0n) is 15.1. The Morgan fingerprint density at radius 3 is 1.88 bits per heavy atom. The molecule has 1 aliphatic rings. The topological polar surface area (TPSA) is 15.6 Å². The van der Waals surface area contributed by atoms with Gasteiger partial charge in [-0.05, 0) is 37.1 Å². The monoisotopic (exact) mass is 338 g/mol. The molecular formula is C24H22N2. The summed E-state index contributed by atoms with van der Waals surface area (Å²) in [5.41, 5.74) is 5.21. The van der Waals surface area contributed by atoms with E-state index in [4.69, 9.17) is 4.99 Å². The van der Waals surface area contributed by atoms with Crippen molar-refractivity contribution in [3.63, 3.8) is 0 Å². The Kier molecular flexibility index (Phi) is 4.18. The molecule has 0 aromatic heterocycles. The maximum atomic E-state index is 5.17. The van der Waals surface area contributed by atoms with Gasteiger partial charge in [-0.3, -0.25) is 4.99 Å². The van der Waals surface area contributed by atoms with Crippen molar-refractivity contribution >= 4 is 17.0 Å². The Balaban J connectivity index is 1.90. The largest absolute Gasteiger partial charge is 0.319 e. The molecule has 0 saturated carbocycles. The van der Waals surface area contributed by atoms with Crippen LogP contribution >= 0.6 is 0 Å². The lowest BCUT2D eigenvalue weighted by atomic mass is 9.93. The van der Waals surface area contributed by atoms with Crippen LogP contribution in [0.15, 0.2) is 102 Å². The molecule has 4 rings (SSSR count). The molecule has 0 N–H and O–H groups in total. The number of hydrogen-bond acceptors (Lipinski definition) is 2. The van der Waals surface area contributed by atoms with E-state index < -0.39 is 5.66 Å². The predicted molar refractivity (Wildman–Crippen MR) is 110 cm³/mol. The van der Waals surface area contributed by atoms with Crippen molar-refractivity contribution in [1.82, 2.24) is 0 Å². The smallest absolute Gasteiger partial charge is 0.159 e. The number of anilines is 1. The number of nitrogens with zero attached hydrogens (tertiary/aromatic N) is 2. The van der Waals surface area contributed by atoms with Crippen LogP contribution in [0.3, 0.4) is 0 Å². The van der Waals surface area contributed by atoms with Gasteiger partial charge in [0.2, 0.25) is 0 Å². The van der Waals surface area contributed by atoms with Gasteiger partial charge >= 0.3 is 0 Å². The first-order valence-electron chi connectivity index (χ1n) is 8.92. The minimum atomic E-state index is -0.481. The summed E-state index contributed by atoms with van der Waals surface area (Å²) in [6, 6.07) is 31.4. The maximum Gasteiger partial charge on any atom is 0.159 e. The molecule has 0 radical (unpaired) electrons. The molecule has 0 bridgehead atoms. The summed E-state index contributed by atoms with van der Waals surface area (Å²) >= 11 is 0. The molecule has 2 nitrogen and oxygen atoms in total. The molecule has 0 aliphatic carbocycles. The van der Waals surface area contributed by atoms with Crippen molar-refractivity contribution < 1.29 is 0 Å². The van der Waals surface area contributed by atoms with Crippen LogP contribution in [-0.4, -0.2) is 5.71 Å². The number of aliphatic imine (C=N–C) groups is 1. The summed E-state index contributed by atoms with van der Waals surface area (Å²) in [5.74, 6) is 0. The van der Waals surface area contributed by atoms with E-state index in [1.165, 1.54) is 11.1 Å². The van der Waals surface area contributed by atoms with E-state index in [2.05, 4.69) is 97.7 Å². The third kappa shape index (κ3) is 2.84. The molecule has 0 fully saturated rings. The van der Waals surface area contributed by atoms with Gasteiger partial charge in [0.15, 0.2) is 5.66 Å². The predicted octanol–water partition coefficient (Wildman–Crippen LogP) is 5.88. The van der Waals surface area contributed by atoms with E-state index in [0.29, 0.717) is 0 Å². The first kappa shape index (κ1) is 16.3. The first-order chi connectivity index (χ1) is 12.7. The highest BCUT2D eigenvalue weighted by molar-refractivity contribution is 6.24. The lowest BCUT2D eigenvalue weighted by Gasteiger charge is -2.42. The van der Waals surface area contributed by atoms with Crippen LogP contribution in [0.4, 0.5) is 5.69 Å². The Morgan fingerprint density at radius 1 is 0.731 bits per heavy atom. The summed E-state index contributed by atoms with van der Waals surface area (Å²) in [4.78, 5) is 7.45. The van der Waals surface area contributed by atoms with Crippen molar-refractivity contribution in [2.24, 2.45) is 4.99 Å². The van der Waals surface area contributed by atoms with Crippen LogP contribution in [-0.2, 0) is 5.66 Å². The fourth-order valence-corrected chi connectivity index (χ4v) is 3.56. The number of rotatable bonds is 3. The Labute approximate surface area is 155 Å². The fourth-order valence-electron chi connectivity index (χ4n) is 3.56. The van der Waals surface area contributed by atoms with Gasteiger partial charge in [0.05, 0.1) is 0 Å². The Bertz CT molecular complexity index is 943. The van der Waals surface area contributed by atoms with Gasteiger partial charge in [0.1, 0.15) is 0 Å². The molecule has 3 aromatic carbocycles. The van der Waals surface area contributed by atoms with E-state index in [0.717, 1.165) is 17.0 Å². The zero-order valence-corrected chi connectivity index (χ0v) is 15.1. The zero-order chi connectivity index (χ0) is 18.0. The van der Waals surface area contributed by atoms with Crippen molar-refractivity contribution in [3.8, 4) is 0 Å². The average molecular weight is 338 g/mol. The second-order valence-electron chi connectivity index (χ2n) is 6.70. The molecule has 3 aromatic rings. The lowest BCUT2D eigenvalue weighted by molar-refractivity contribution is 0.501. The van der Waals surface area contributed by atoms with Crippen LogP contribution < -0.4 is 4.90 Å². The van der Waals surface area contributed by atoms with E-state index in [1.54, 1.807) is 0 Å². The van der Waals surface area contributed by atoms with Crippen molar-refractivity contribution in [1.29, 1.82) is 0 Å². The van der Waals surface area contributed by atoms with Crippen LogP contribution in [0.2, 0.25) is 0 Å². The van der Waals surface area contributed by atoms with Gasteiger partial charge in [0.25, 0.3) is 0 Å². The third-order valence-electron chi connectivity index (χ3n) is 4.94. The summed E-state index contributed by atoms with van der Waals surface area (Å²) in [6.07, 6.45) is 2.24. The van der Waals surface area contributed by atoms with Gasteiger partial charge in [0, 0.05) is 23.2 Å². The molecule has 2 heteroatoms. The summed E-state index contributed by atoms with van der Waals surface area (Å²) in [6.45, 7) is 4.28. The SMILES string of the molecule is CC1=NC(C)(c2ccccc2)N(c2ccccc2)C=C1c1ccccc1. The van der Waals surface area contributed by atoms with Crippen LogP contribution in [0, 0.1) is 0 Å². The highest BCUT2D eigenvalue weighted by Crippen LogP contribution is 2.39. The molecule has 1 unspecified atom stereocenters. The van der Waals surface area contributed by atoms with Gasteiger partial charge < -0.3 is 4.90 Å². The molecule has 0 spiro atoms. The second-order valence-corrected chi connectivity index (χ2v) is 6.70. The molecule has 1 aliphatic heterocycles. The molecule has 1 atom stereocenters. The Hall–Kier alpha value is -3.13. The summed E-state index contributed by atoms with van der Waals surface area (Å²) in [7, 11) is 0. The standard InChI is InChI=1S/C24H22N2/c1-19-23(20-12-6-3-7-13-20)18-26(22-16-10-5-11-17-22)24(2,25-19)21-14-8-4-9-15-21/h3-18H,1-2H3. The molecule has 0 saturated heterocycles. The summed E-state index contributed by atoms with van der Waals surface area (Å²) < 4.78 is 0. The van der Waals surface area contributed by atoms with Crippen LogP contribution in [0.5, 0.6) is 0 Å². The Morgan fingerprint density at radius 2 is 1.27 bits per heavy atom. The number of allylic oxidation sites excluding steroid dienone is 1. The summed E-state index contributed by atoms with van der Waals surface area (Å²) in [5, 5.41) is 0. The molecule has 0 amide bonds. The minimum absolute atomic E-state index is 0.481. The van der Waals surface area contributed by atoms with Crippen molar-refractivity contribution in [2.75, 3.05) is 4.90 Å². The molecule has 128 valence electrons. The van der Waals surface area contributed by atoms with Crippen molar-refractivity contribution in [3.05, 3.63) is 108 Å². The van der Waals surface area contributed by atoms with E-state index in [9.17, 15) is 0 Å². The van der Waals surface area contributed by atoms with Crippen molar-refractivity contribution in [2.45, 2.75) is 19.5 Å². The van der Waals surface area contributed by atoms with Crippen LogP contribution in [0.25, 0.3) is 5.57 Å². The van der Waals surface area contributed by atoms with E-state index >= 15 is 0 Å². The van der Waals surface area contributed by atoms with Gasteiger partial charge in [-0.15, -0.1) is 0 Å². The normalized spacial score (nSPS) is 19.7. The molecule has 1 heterocycles. The fraction of sp³-hybridized carbons (Fsp3) is 0.125. The molecule has 26 heavy (non-hydrogen) atoms. The highest BCUT2D eigenvalue weighted by Gasteiger charge is 2.36.